The molecule has 1 heterocycles. The Morgan fingerprint density at radius 3 is 2.79 bits per heavy atom. The van der Waals surface area contributed by atoms with Gasteiger partial charge in [-0.15, -0.1) is 0 Å². The molecule has 0 spiro atoms. The quantitative estimate of drug-likeness (QED) is 0.644. The van der Waals surface area contributed by atoms with Crippen LogP contribution < -0.4 is 4.74 Å². The van der Waals surface area contributed by atoms with Gasteiger partial charge >= 0.3 is 5.97 Å². The van der Waals surface area contributed by atoms with E-state index in [9.17, 15) is 14.0 Å². The first-order valence-corrected chi connectivity index (χ1v) is 5.19. The summed E-state index contributed by atoms with van der Waals surface area (Å²) in [6.07, 6.45) is 1.08. The molecule has 0 saturated heterocycles. The second-order valence-corrected chi connectivity index (χ2v) is 3.62. The maximum absolute atomic E-state index is 13.2. The largest absolute Gasteiger partial charge is 0.496 e. The van der Waals surface area contributed by atoms with E-state index in [-0.39, 0.29) is 11.5 Å². The van der Waals surface area contributed by atoms with E-state index in [4.69, 9.17) is 9.84 Å². The Labute approximate surface area is 106 Å². The molecule has 2 aromatic rings. The molecule has 0 aliphatic rings. The number of carbonyl (C=O) groups is 2. The van der Waals surface area contributed by atoms with Gasteiger partial charge in [0.15, 0.2) is 0 Å². The second kappa shape index (κ2) is 4.89. The minimum atomic E-state index is -1.60. The molecule has 0 amide bonds. The number of carboxylic acids is 1. The molecule has 2 rings (SSSR count). The lowest BCUT2D eigenvalue weighted by molar-refractivity contribution is -0.131. The van der Waals surface area contributed by atoms with Gasteiger partial charge in [0.25, 0.3) is 5.78 Å². The van der Waals surface area contributed by atoms with Gasteiger partial charge in [-0.2, -0.15) is 0 Å². The fraction of sp³-hybridized carbons (Fsp3) is 0.0833. The lowest BCUT2D eigenvalue weighted by Crippen LogP contribution is -2.12. The van der Waals surface area contributed by atoms with Crippen LogP contribution in [0.3, 0.4) is 0 Å². The number of carboxylic acid groups (broad SMARTS) is 1. The number of ketones is 1. The highest BCUT2D eigenvalue weighted by Gasteiger charge is 2.19. The summed E-state index contributed by atoms with van der Waals surface area (Å²) in [5, 5.41) is 8.58. The van der Waals surface area contributed by atoms with Crippen molar-refractivity contribution in [1.82, 2.24) is 9.97 Å². The summed E-state index contributed by atoms with van der Waals surface area (Å²) in [5.41, 5.74) is 0.112. The highest BCUT2D eigenvalue weighted by Crippen LogP contribution is 2.28. The van der Waals surface area contributed by atoms with E-state index in [2.05, 4.69) is 9.97 Å². The van der Waals surface area contributed by atoms with Crippen LogP contribution in [0.25, 0.3) is 11.4 Å². The number of hydrogen-bond donors (Lipinski definition) is 2. The summed E-state index contributed by atoms with van der Waals surface area (Å²) >= 11 is 0. The minimum Gasteiger partial charge on any atom is -0.496 e. The van der Waals surface area contributed by atoms with Crippen molar-refractivity contribution in [2.45, 2.75) is 0 Å². The van der Waals surface area contributed by atoms with Gasteiger partial charge in [-0.05, 0) is 18.2 Å². The van der Waals surface area contributed by atoms with Crippen molar-refractivity contribution in [3.63, 3.8) is 0 Å². The lowest BCUT2D eigenvalue weighted by Gasteiger charge is -2.05. The Kier molecular flexibility index (Phi) is 3.28. The smallest absolute Gasteiger partial charge is 0.378 e. The molecule has 0 fully saturated rings. The Hall–Kier alpha value is -2.70. The normalized spacial score (nSPS) is 10.2. The third-order valence-corrected chi connectivity index (χ3v) is 2.43. The summed E-state index contributed by atoms with van der Waals surface area (Å²) in [6.45, 7) is 0. The van der Waals surface area contributed by atoms with E-state index < -0.39 is 17.6 Å². The highest BCUT2D eigenvalue weighted by atomic mass is 19.1. The Morgan fingerprint density at radius 2 is 2.16 bits per heavy atom. The Morgan fingerprint density at radius 1 is 1.42 bits per heavy atom. The molecule has 0 atom stereocenters. The fourth-order valence-electron chi connectivity index (χ4n) is 1.55. The van der Waals surface area contributed by atoms with Crippen LogP contribution in [0.4, 0.5) is 4.39 Å². The van der Waals surface area contributed by atoms with E-state index >= 15 is 0 Å². The van der Waals surface area contributed by atoms with Crippen molar-refractivity contribution < 1.29 is 23.8 Å². The molecule has 2 N–H and O–H groups in total. The first-order valence-electron chi connectivity index (χ1n) is 5.19. The number of rotatable bonds is 4. The maximum atomic E-state index is 13.2. The molecule has 6 nitrogen and oxygen atoms in total. The first kappa shape index (κ1) is 12.7. The molecule has 19 heavy (non-hydrogen) atoms. The first-order chi connectivity index (χ1) is 9.02. The monoisotopic (exact) mass is 264 g/mol. The van der Waals surface area contributed by atoms with Crippen LogP contribution in [0, 0.1) is 5.82 Å². The summed E-state index contributed by atoms with van der Waals surface area (Å²) in [5.74, 6) is -2.71. The van der Waals surface area contributed by atoms with Gasteiger partial charge in [-0.1, -0.05) is 0 Å². The molecule has 0 saturated carbocycles. The van der Waals surface area contributed by atoms with Gasteiger partial charge in [-0.25, -0.2) is 14.2 Å². The molecule has 0 bridgehead atoms. The number of halogens is 1. The number of Topliss-reactive ketones (excluding diaryl/α,β-unsaturated/α-hetero) is 1. The van der Waals surface area contributed by atoms with Crippen molar-refractivity contribution in [3.05, 3.63) is 35.9 Å². The third-order valence-electron chi connectivity index (χ3n) is 2.43. The van der Waals surface area contributed by atoms with Crippen molar-refractivity contribution in [2.75, 3.05) is 7.11 Å². The predicted octanol–water partition coefficient (Wildman–Crippen LogP) is 1.49. The van der Waals surface area contributed by atoms with Crippen molar-refractivity contribution in [1.29, 1.82) is 0 Å². The zero-order valence-electron chi connectivity index (χ0n) is 9.81. The number of hydrogen-bond acceptors (Lipinski definition) is 4. The van der Waals surface area contributed by atoms with Gasteiger partial charge < -0.3 is 14.8 Å². The van der Waals surface area contributed by atoms with E-state index in [1.165, 1.54) is 25.3 Å². The van der Waals surface area contributed by atoms with Gasteiger partial charge in [0.2, 0.25) is 0 Å². The van der Waals surface area contributed by atoms with Crippen molar-refractivity contribution in [3.8, 4) is 17.1 Å². The van der Waals surface area contributed by atoms with Gasteiger partial charge in [0.1, 0.15) is 23.1 Å². The number of methoxy groups -OCH3 is 1. The van der Waals surface area contributed by atoms with Gasteiger partial charge in [-0.3, -0.25) is 4.79 Å². The van der Waals surface area contributed by atoms with Crippen LogP contribution in [0.15, 0.2) is 24.4 Å². The van der Waals surface area contributed by atoms with Crippen LogP contribution in [-0.4, -0.2) is 33.9 Å². The number of aliphatic carboxylic acids is 1. The summed E-state index contributed by atoms with van der Waals surface area (Å²) < 4.78 is 18.2. The molecular formula is C12H9FN2O4. The number of nitrogens with zero attached hydrogens (tertiary/aromatic N) is 1. The average Bonchev–Trinajstić information content (AvgIpc) is 2.87. The van der Waals surface area contributed by atoms with Crippen LogP contribution >= 0.6 is 0 Å². The molecule has 0 unspecified atom stereocenters. The predicted molar refractivity (Wildman–Crippen MR) is 62.5 cm³/mol. The van der Waals surface area contributed by atoms with Crippen molar-refractivity contribution >= 4 is 11.8 Å². The Balaban J connectivity index is 2.46. The van der Waals surface area contributed by atoms with Crippen LogP contribution in [0.2, 0.25) is 0 Å². The van der Waals surface area contributed by atoms with E-state index in [0.29, 0.717) is 11.3 Å². The summed E-state index contributed by atoms with van der Waals surface area (Å²) in [6, 6.07) is 3.80. The maximum Gasteiger partial charge on any atom is 0.378 e. The minimum absolute atomic E-state index is 0.154. The molecule has 0 aliphatic heterocycles. The number of nitrogens with one attached hydrogen (secondary N) is 1. The third kappa shape index (κ3) is 2.44. The summed E-state index contributed by atoms with van der Waals surface area (Å²) in [4.78, 5) is 28.2. The highest BCUT2D eigenvalue weighted by molar-refractivity contribution is 6.39. The van der Waals surface area contributed by atoms with Crippen LogP contribution in [-0.2, 0) is 4.79 Å². The van der Waals surface area contributed by atoms with Gasteiger partial charge in [0.05, 0.1) is 18.9 Å². The molecule has 1 aromatic heterocycles. The van der Waals surface area contributed by atoms with E-state index in [1.54, 1.807) is 0 Å². The van der Waals surface area contributed by atoms with E-state index in [1.807, 2.05) is 0 Å². The molecule has 1 aromatic carbocycles. The van der Waals surface area contributed by atoms with Gasteiger partial charge in [0, 0.05) is 0 Å². The number of benzene rings is 1. The number of H-pyrrole nitrogens is 1. The summed E-state index contributed by atoms with van der Waals surface area (Å²) in [7, 11) is 1.41. The molecule has 0 aliphatic carbocycles. The SMILES string of the molecule is COc1ccc(F)cc1-c1ncc(C(=O)C(=O)O)[nH]1. The van der Waals surface area contributed by atoms with Crippen molar-refractivity contribution in [2.24, 2.45) is 0 Å². The lowest BCUT2D eigenvalue weighted by atomic mass is 10.2. The van der Waals surface area contributed by atoms with E-state index in [0.717, 1.165) is 6.20 Å². The molecule has 7 heteroatoms. The number of aromatic amines is 1. The average molecular weight is 264 g/mol. The molecule has 0 radical (unpaired) electrons. The zero-order valence-corrected chi connectivity index (χ0v) is 9.81. The zero-order chi connectivity index (χ0) is 14.0. The molecule has 98 valence electrons. The number of ether oxygens (including phenoxy) is 1. The second-order valence-electron chi connectivity index (χ2n) is 3.62. The number of imidazole rings is 1. The topological polar surface area (TPSA) is 92.3 Å². The van der Waals surface area contributed by atoms with Crippen LogP contribution in [0.1, 0.15) is 10.5 Å². The Bertz CT molecular complexity index is 651. The standard InChI is InChI=1S/C12H9FN2O4/c1-19-9-3-2-6(13)4-7(9)11-14-5-8(15-11)10(16)12(17)18/h2-5H,1H3,(H,14,15)(H,17,18). The number of carbonyl (C=O) groups excluding carboxylic acids is 1. The fourth-order valence-corrected chi connectivity index (χ4v) is 1.55. The number of aromatic nitrogens is 2. The van der Waals surface area contributed by atoms with Crippen LogP contribution in [0.5, 0.6) is 5.75 Å². The molecular weight excluding hydrogens is 255 g/mol.